The molecule has 9 nitrogen and oxygen atoms in total. The van der Waals surface area contributed by atoms with Crippen LogP contribution in [-0.4, -0.2) is 74.1 Å². The third kappa shape index (κ3) is 2.38. The van der Waals surface area contributed by atoms with Gasteiger partial charge in [-0.2, -0.15) is 0 Å². The molecule has 9 heteroatoms. The van der Waals surface area contributed by atoms with Gasteiger partial charge in [-0.25, -0.2) is 4.79 Å². The van der Waals surface area contributed by atoms with E-state index < -0.39 is 29.8 Å². The van der Waals surface area contributed by atoms with Crippen LogP contribution >= 0.6 is 0 Å². The summed E-state index contributed by atoms with van der Waals surface area (Å²) in [7, 11) is 6.16. The first-order chi connectivity index (χ1) is 12.9. The molecule has 0 N–H and O–H groups in total. The van der Waals surface area contributed by atoms with Crippen molar-refractivity contribution in [3.8, 4) is 17.2 Å². The third-order valence-electron chi connectivity index (χ3n) is 5.54. The fourth-order valence-electron chi connectivity index (χ4n) is 4.10. The summed E-state index contributed by atoms with van der Waals surface area (Å²) in [5, 5.41) is 0. The number of carbonyl (C=O) groups is 3. The lowest BCUT2D eigenvalue weighted by molar-refractivity contribution is -0.151. The zero-order valence-electron chi connectivity index (χ0n) is 15.6. The molecular weight excluding hydrogens is 354 g/mol. The summed E-state index contributed by atoms with van der Waals surface area (Å²) in [6, 6.07) is 0.685. The van der Waals surface area contributed by atoms with Gasteiger partial charge in [0.2, 0.25) is 24.4 Å². The summed E-state index contributed by atoms with van der Waals surface area (Å²) in [5.41, 5.74) is 1.68. The smallest absolute Gasteiger partial charge is 0.332 e. The number of barbiturate groups is 1. The van der Waals surface area contributed by atoms with Crippen molar-refractivity contribution in [3.05, 3.63) is 17.2 Å². The molecule has 0 aromatic heterocycles. The second-order valence-electron chi connectivity index (χ2n) is 6.95. The highest BCUT2D eigenvalue weighted by Gasteiger charge is 2.50. The van der Waals surface area contributed by atoms with Crippen LogP contribution < -0.4 is 14.2 Å². The van der Waals surface area contributed by atoms with E-state index in [1.165, 1.54) is 21.2 Å². The molecule has 1 aromatic rings. The van der Waals surface area contributed by atoms with Crippen molar-refractivity contribution in [2.45, 2.75) is 12.5 Å². The average molecular weight is 375 g/mol. The van der Waals surface area contributed by atoms with Gasteiger partial charge in [-0.1, -0.05) is 0 Å². The predicted octanol–water partition coefficient (Wildman–Crippen LogP) is 0.619. The number of hydrogen-bond donors (Lipinski definition) is 0. The Morgan fingerprint density at radius 2 is 1.74 bits per heavy atom. The number of fused-ring (bicyclic) bond motifs is 2. The van der Waals surface area contributed by atoms with Crippen LogP contribution in [0.5, 0.6) is 17.2 Å². The van der Waals surface area contributed by atoms with Crippen molar-refractivity contribution in [2.75, 3.05) is 41.6 Å². The number of benzene rings is 1. The molecule has 1 atom stereocenters. The molecule has 1 fully saturated rings. The van der Waals surface area contributed by atoms with E-state index in [9.17, 15) is 14.4 Å². The molecule has 1 saturated heterocycles. The summed E-state index contributed by atoms with van der Waals surface area (Å²) in [4.78, 5) is 41.9. The lowest BCUT2D eigenvalue weighted by Crippen LogP contribution is -2.60. The Morgan fingerprint density at radius 1 is 1.07 bits per heavy atom. The largest absolute Gasteiger partial charge is 0.492 e. The monoisotopic (exact) mass is 375 g/mol. The Kier molecular flexibility index (Phi) is 3.99. The Bertz CT molecular complexity index is 830. The van der Waals surface area contributed by atoms with E-state index >= 15 is 0 Å². The maximum atomic E-state index is 12.9. The molecule has 27 heavy (non-hydrogen) atoms. The van der Waals surface area contributed by atoms with E-state index in [1.807, 2.05) is 18.0 Å². The number of rotatable bonds is 2. The highest BCUT2D eigenvalue weighted by molar-refractivity contribution is 6.16. The lowest BCUT2D eigenvalue weighted by atomic mass is 9.81. The van der Waals surface area contributed by atoms with Crippen LogP contribution in [-0.2, 0) is 16.0 Å². The minimum absolute atomic E-state index is 0.0936. The zero-order chi connectivity index (χ0) is 19.5. The highest BCUT2D eigenvalue weighted by Crippen LogP contribution is 2.51. The van der Waals surface area contributed by atoms with Gasteiger partial charge in [-0.3, -0.25) is 24.3 Å². The summed E-state index contributed by atoms with van der Waals surface area (Å²) in [5.74, 6) is -0.542. The molecule has 3 aliphatic rings. The fraction of sp³-hybridized carbons (Fsp3) is 0.500. The molecule has 3 aliphatic heterocycles. The second kappa shape index (κ2) is 6.12. The first-order valence-corrected chi connectivity index (χ1v) is 8.65. The first-order valence-electron chi connectivity index (χ1n) is 8.65. The number of nitrogens with zero attached hydrogens (tertiary/aromatic N) is 3. The van der Waals surface area contributed by atoms with Gasteiger partial charge in [-0.15, -0.1) is 0 Å². The van der Waals surface area contributed by atoms with E-state index in [0.717, 1.165) is 27.3 Å². The van der Waals surface area contributed by atoms with Gasteiger partial charge in [0.25, 0.3) is 0 Å². The van der Waals surface area contributed by atoms with E-state index in [-0.39, 0.29) is 6.79 Å². The molecule has 3 heterocycles. The minimum atomic E-state index is -1.05. The Hall–Kier alpha value is -2.81. The van der Waals surface area contributed by atoms with Gasteiger partial charge in [0.05, 0.1) is 13.2 Å². The van der Waals surface area contributed by atoms with Gasteiger partial charge in [0.1, 0.15) is 5.92 Å². The summed E-state index contributed by atoms with van der Waals surface area (Å²) in [6.07, 6.45) is 0.717. The zero-order valence-corrected chi connectivity index (χ0v) is 15.6. The average Bonchev–Trinajstić information content (AvgIpc) is 3.13. The maximum Gasteiger partial charge on any atom is 0.332 e. The van der Waals surface area contributed by atoms with Crippen LogP contribution in [0.2, 0.25) is 0 Å². The Morgan fingerprint density at radius 3 is 2.37 bits per heavy atom. The van der Waals surface area contributed by atoms with E-state index in [2.05, 4.69) is 0 Å². The van der Waals surface area contributed by atoms with Crippen LogP contribution in [0, 0.1) is 5.92 Å². The van der Waals surface area contributed by atoms with Crippen LogP contribution in [0.4, 0.5) is 4.79 Å². The number of ether oxygens (including phenoxy) is 3. The molecule has 0 aliphatic carbocycles. The van der Waals surface area contributed by atoms with Crippen molar-refractivity contribution in [3.63, 3.8) is 0 Å². The Labute approximate surface area is 156 Å². The summed E-state index contributed by atoms with van der Waals surface area (Å²) in [6.45, 7) is 0.745. The van der Waals surface area contributed by atoms with Crippen LogP contribution in [0.1, 0.15) is 17.2 Å². The molecule has 0 saturated carbocycles. The molecule has 1 unspecified atom stereocenters. The summed E-state index contributed by atoms with van der Waals surface area (Å²) < 4.78 is 16.7. The highest BCUT2D eigenvalue weighted by atomic mass is 16.7. The van der Waals surface area contributed by atoms with Gasteiger partial charge in [0, 0.05) is 26.2 Å². The predicted molar refractivity (Wildman–Crippen MR) is 92.6 cm³/mol. The van der Waals surface area contributed by atoms with E-state index in [4.69, 9.17) is 14.2 Å². The van der Waals surface area contributed by atoms with Gasteiger partial charge in [0.15, 0.2) is 11.5 Å². The standard InChI is InChI=1S/C18H21N3O6/c1-19-6-5-9-7-10-14(27-8-26-10)15(25-4)11(9)13(19)12-16(22)20(2)18(24)21(3)17(12)23/h7,12-13H,5-6,8H2,1-4H3. The number of hydrogen-bond acceptors (Lipinski definition) is 7. The second-order valence-corrected chi connectivity index (χ2v) is 6.95. The number of amides is 4. The number of imide groups is 2. The lowest BCUT2D eigenvalue weighted by Gasteiger charge is -2.43. The molecule has 0 radical (unpaired) electrons. The van der Waals surface area contributed by atoms with Crippen molar-refractivity contribution in [1.82, 2.24) is 14.7 Å². The van der Waals surface area contributed by atoms with E-state index in [1.54, 1.807) is 0 Å². The van der Waals surface area contributed by atoms with Crippen LogP contribution in [0.25, 0.3) is 0 Å². The van der Waals surface area contributed by atoms with Crippen molar-refractivity contribution < 1.29 is 28.6 Å². The van der Waals surface area contributed by atoms with Crippen LogP contribution in [0.15, 0.2) is 6.07 Å². The normalized spacial score (nSPS) is 23.1. The molecule has 4 amide bonds. The van der Waals surface area contributed by atoms with Crippen molar-refractivity contribution in [2.24, 2.45) is 5.92 Å². The first kappa shape index (κ1) is 17.6. The molecule has 4 rings (SSSR count). The molecule has 1 aromatic carbocycles. The molecule has 0 bridgehead atoms. The van der Waals surface area contributed by atoms with E-state index in [0.29, 0.717) is 23.8 Å². The van der Waals surface area contributed by atoms with Crippen molar-refractivity contribution >= 4 is 17.8 Å². The summed E-state index contributed by atoms with van der Waals surface area (Å²) >= 11 is 0. The van der Waals surface area contributed by atoms with Gasteiger partial charge in [-0.05, 0) is 25.1 Å². The number of likely N-dealkylation sites (N-methyl/N-ethyl adjacent to an activating group) is 1. The molecule has 0 spiro atoms. The number of carbonyl (C=O) groups excluding carboxylic acids is 3. The fourth-order valence-corrected chi connectivity index (χ4v) is 4.10. The molecule has 144 valence electrons. The third-order valence-corrected chi connectivity index (χ3v) is 5.54. The van der Waals surface area contributed by atoms with Crippen LogP contribution in [0.3, 0.4) is 0 Å². The number of methoxy groups -OCH3 is 1. The minimum Gasteiger partial charge on any atom is -0.492 e. The van der Waals surface area contributed by atoms with Gasteiger partial charge >= 0.3 is 6.03 Å². The molecular formula is C18H21N3O6. The van der Waals surface area contributed by atoms with Gasteiger partial charge < -0.3 is 14.2 Å². The van der Waals surface area contributed by atoms with Crippen molar-refractivity contribution in [1.29, 1.82) is 0 Å². The number of urea groups is 1. The SMILES string of the molecule is COc1c2c(cc3c1C(C1C(=O)N(C)C(=O)N(C)C1=O)N(C)CC3)OCO2. The Balaban J connectivity index is 1.89. The maximum absolute atomic E-state index is 12.9. The quantitative estimate of drug-likeness (QED) is 0.700. The topological polar surface area (TPSA) is 88.6 Å².